The lowest BCUT2D eigenvalue weighted by molar-refractivity contribution is 0.802. The summed E-state index contributed by atoms with van der Waals surface area (Å²) in [7, 11) is 0. The summed E-state index contributed by atoms with van der Waals surface area (Å²) in [5.74, 6) is 0. The second-order valence-corrected chi connectivity index (χ2v) is 17.5. The molecule has 2 aliphatic rings. The van der Waals surface area contributed by atoms with Crippen molar-refractivity contribution in [2.24, 2.45) is 0 Å². The fourth-order valence-electron chi connectivity index (χ4n) is 11.8. The number of hydrogen-bond acceptors (Lipinski definition) is 0. The Kier molecular flexibility index (Phi) is 7.13. The SMILES string of the molecule is c1ccc(-c2ccc3cc(-c4c5ccccc5c(-c5ccc6c7c(ccc6c5)-c5cc6ccccc6cc5C75c6ccccc6-c6ccccc65)c5ccccc45)ccc3c2)cc1. The zero-order chi connectivity index (χ0) is 41.2. The van der Waals surface area contributed by atoms with Crippen molar-refractivity contribution >= 4 is 53.9 Å². The molecular weight excluding hydrogens is 757 g/mol. The van der Waals surface area contributed by atoms with E-state index in [0.717, 1.165) is 0 Å². The van der Waals surface area contributed by atoms with Gasteiger partial charge in [-0.05, 0) is 162 Å². The second kappa shape index (κ2) is 13.0. The molecule has 63 heavy (non-hydrogen) atoms. The van der Waals surface area contributed by atoms with E-state index in [1.807, 2.05) is 0 Å². The molecule has 0 heterocycles. The highest BCUT2D eigenvalue weighted by Crippen LogP contribution is 2.64. The molecule has 0 radical (unpaired) electrons. The fraction of sp³-hybridized carbons (Fsp3) is 0.0159. The van der Waals surface area contributed by atoms with Gasteiger partial charge in [0.2, 0.25) is 0 Å². The predicted molar refractivity (Wildman–Crippen MR) is 267 cm³/mol. The molecule has 0 fully saturated rings. The fourth-order valence-corrected chi connectivity index (χ4v) is 11.8. The molecular formula is C63H38. The molecule has 12 aromatic carbocycles. The number of benzene rings is 12. The summed E-state index contributed by atoms with van der Waals surface area (Å²) in [6.45, 7) is 0. The highest BCUT2D eigenvalue weighted by atomic mass is 14.5. The zero-order valence-electron chi connectivity index (χ0n) is 34.4. The monoisotopic (exact) mass is 794 g/mol. The lowest BCUT2D eigenvalue weighted by Gasteiger charge is -2.31. The first-order chi connectivity index (χ1) is 31.2. The van der Waals surface area contributed by atoms with Gasteiger partial charge in [-0.15, -0.1) is 0 Å². The maximum atomic E-state index is 2.49. The molecule has 290 valence electrons. The van der Waals surface area contributed by atoms with Gasteiger partial charge in [0.15, 0.2) is 0 Å². The van der Waals surface area contributed by atoms with Crippen LogP contribution in [-0.4, -0.2) is 0 Å². The average molecular weight is 795 g/mol. The molecule has 0 aromatic heterocycles. The molecule has 0 N–H and O–H groups in total. The molecule has 0 nitrogen and oxygen atoms in total. The van der Waals surface area contributed by atoms with Crippen LogP contribution in [0.1, 0.15) is 22.3 Å². The van der Waals surface area contributed by atoms with Crippen LogP contribution in [0.4, 0.5) is 0 Å². The van der Waals surface area contributed by atoms with E-state index in [1.165, 1.54) is 132 Å². The van der Waals surface area contributed by atoms with E-state index < -0.39 is 5.41 Å². The number of hydrogen-bond donors (Lipinski definition) is 0. The van der Waals surface area contributed by atoms with E-state index >= 15 is 0 Å². The summed E-state index contributed by atoms with van der Waals surface area (Å²) in [5.41, 5.74) is 17.9. The lowest BCUT2D eigenvalue weighted by Crippen LogP contribution is -2.26. The van der Waals surface area contributed by atoms with Crippen LogP contribution in [0.15, 0.2) is 231 Å². The Hall–Kier alpha value is -8.06. The number of fused-ring (bicyclic) bond motifs is 16. The first-order valence-corrected chi connectivity index (χ1v) is 22.1. The van der Waals surface area contributed by atoms with Crippen molar-refractivity contribution in [3.63, 3.8) is 0 Å². The third kappa shape index (κ3) is 4.75. The molecule has 14 rings (SSSR count). The first kappa shape index (κ1) is 34.6. The molecule has 0 bridgehead atoms. The van der Waals surface area contributed by atoms with Crippen LogP contribution in [0.25, 0.3) is 109 Å². The van der Waals surface area contributed by atoms with E-state index in [4.69, 9.17) is 0 Å². The highest BCUT2D eigenvalue weighted by Gasteiger charge is 2.52. The molecule has 0 aliphatic heterocycles. The molecule has 2 aliphatic carbocycles. The standard InChI is InChI=1S/C63H38/c1-2-14-39(15-3-1)42-26-27-44-35-46(29-28-43(44)34-42)60-51-20-6-8-22-53(51)61(54-23-9-7-21-52(54)60)47-31-32-48-45(36-47)30-33-55-56-37-40-16-4-5-17-41(40)38-59(56)63(62(48)55)57-24-12-10-18-49(57)50-19-11-13-25-58(50)63/h1-38H. The van der Waals surface area contributed by atoms with Crippen molar-refractivity contribution < 1.29 is 0 Å². The topological polar surface area (TPSA) is 0 Å². The van der Waals surface area contributed by atoms with Crippen LogP contribution in [0.5, 0.6) is 0 Å². The van der Waals surface area contributed by atoms with Crippen LogP contribution >= 0.6 is 0 Å². The van der Waals surface area contributed by atoms with Crippen LogP contribution in [0.2, 0.25) is 0 Å². The summed E-state index contributed by atoms with van der Waals surface area (Å²) in [6, 6.07) is 86.7. The van der Waals surface area contributed by atoms with Crippen LogP contribution in [-0.2, 0) is 5.41 Å². The Bertz CT molecular complexity index is 3800. The number of rotatable bonds is 3. The third-order valence-corrected chi connectivity index (χ3v) is 14.4. The van der Waals surface area contributed by atoms with Gasteiger partial charge in [0.25, 0.3) is 0 Å². The molecule has 12 aromatic rings. The van der Waals surface area contributed by atoms with Gasteiger partial charge in [-0.3, -0.25) is 0 Å². The zero-order valence-corrected chi connectivity index (χ0v) is 34.4. The minimum absolute atomic E-state index is 0.438. The van der Waals surface area contributed by atoms with Gasteiger partial charge in [0.1, 0.15) is 0 Å². The molecule has 0 amide bonds. The van der Waals surface area contributed by atoms with Crippen LogP contribution in [0.3, 0.4) is 0 Å². The molecule has 0 saturated carbocycles. The van der Waals surface area contributed by atoms with Gasteiger partial charge in [-0.1, -0.05) is 200 Å². The van der Waals surface area contributed by atoms with Crippen LogP contribution < -0.4 is 0 Å². The predicted octanol–water partition coefficient (Wildman–Crippen LogP) is 16.8. The average Bonchev–Trinajstić information content (AvgIpc) is 3.81. The Morgan fingerprint density at radius 2 is 0.683 bits per heavy atom. The minimum atomic E-state index is -0.438. The molecule has 0 unspecified atom stereocenters. The Morgan fingerprint density at radius 3 is 1.32 bits per heavy atom. The maximum Gasteiger partial charge on any atom is 0.0731 e. The lowest BCUT2D eigenvalue weighted by atomic mass is 9.69. The quantitative estimate of drug-likeness (QED) is 0.156. The Morgan fingerprint density at radius 1 is 0.222 bits per heavy atom. The van der Waals surface area contributed by atoms with Crippen LogP contribution in [0, 0.1) is 0 Å². The molecule has 0 saturated heterocycles. The largest absolute Gasteiger partial charge is 0.0731 e. The smallest absolute Gasteiger partial charge is 0.0622 e. The summed E-state index contributed by atoms with van der Waals surface area (Å²) in [5, 5.41) is 12.7. The van der Waals surface area contributed by atoms with Crippen molar-refractivity contribution in [2.75, 3.05) is 0 Å². The van der Waals surface area contributed by atoms with E-state index in [-0.39, 0.29) is 0 Å². The van der Waals surface area contributed by atoms with Crippen molar-refractivity contribution in [3.8, 4) is 55.6 Å². The first-order valence-electron chi connectivity index (χ1n) is 22.1. The summed E-state index contributed by atoms with van der Waals surface area (Å²) in [4.78, 5) is 0. The van der Waals surface area contributed by atoms with Gasteiger partial charge in [-0.2, -0.15) is 0 Å². The van der Waals surface area contributed by atoms with Gasteiger partial charge in [-0.25, -0.2) is 0 Å². The summed E-state index contributed by atoms with van der Waals surface area (Å²) in [6.07, 6.45) is 0. The normalized spacial score (nSPS) is 13.2. The van der Waals surface area contributed by atoms with Crippen molar-refractivity contribution in [1.82, 2.24) is 0 Å². The van der Waals surface area contributed by atoms with Gasteiger partial charge in [0.05, 0.1) is 5.41 Å². The maximum absolute atomic E-state index is 2.49. The van der Waals surface area contributed by atoms with E-state index in [0.29, 0.717) is 0 Å². The van der Waals surface area contributed by atoms with Crippen molar-refractivity contribution in [2.45, 2.75) is 5.41 Å². The minimum Gasteiger partial charge on any atom is -0.0622 e. The second-order valence-electron chi connectivity index (χ2n) is 17.5. The van der Waals surface area contributed by atoms with E-state index in [9.17, 15) is 0 Å². The Labute approximate surface area is 366 Å². The van der Waals surface area contributed by atoms with E-state index in [2.05, 4.69) is 231 Å². The van der Waals surface area contributed by atoms with Crippen molar-refractivity contribution in [1.29, 1.82) is 0 Å². The van der Waals surface area contributed by atoms with Gasteiger partial charge in [0, 0.05) is 0 Å². The molecule has 0 heteroatoms. The van der Waals surface area contributed by atoms with E-state index in [1.54, 1.807) is 0 Å². The third-order valence-electron chi connectivity index (χ3n) is 14.4. The van der Waals surface area contributed by atoms with Crippen molar-refractivity contribution in [3.05, 3.63) is 253 Å². The summed E-state index contributed by atoms with van der Waals surface area (Å²) >= 11 is 0. The highest BCUT2D eigenvalue weighted by molar-refractivity contribution is 6.22. The molecule has 1 spiro atoms. The Balaban J connectivity index is 0.995. The van der Waals surface area contributed by atoms with Gasteiger partial charge >= 0.3 is 0 Å². The van der Waals surface area contributed by atoms with Gasteiger partial charge < -0.3 is 0 Å². The molecule has 0 atom stereocenters. The summed E-state index contributed by atoms with van der Waals surface area (Å²) < 4.78 is 0.